The molecule has 2 aromatic rings. The van der Waals surface area contributed by atoms with Gasteiger partial charge in [0.25, 0.3) is 0 Å². The third-order valence-corrected chi connectivity index (χ3v) is 10.5. The van der Waals surface area contributed by atoms with Gasteiger partial charge in [-0.2, -0.15) is 0 Å². The maximum atomic E-state index is 11.2. The second kappa shape index (κ2) is 19.5. The highest BCUT2D eigenvalue weighted by Gasteiger charge is 2.28. The van der Waals surface area contributed by atoms with Crippen molar-refractivity contribution in [3.63, 3.8) is 0 Å². The minimum absolute atomic E-state index is 0.0999. The molecular formula is C42H63N3O4. The number of nitrogens with zero attached hydrogens (tertiary/aromatic N) is 3. The summed E-state index contributed by atoms with van der Waals surface area (Å²) in [5, 5.41) is 32.5. The first-order valence-electron chi connectivity index (χ1n) is 19.1. The molecule has 1 heterocycles. The SMILES string of the molecule is CC(C)CCCC(C)CCC(COC(O)C1=CC=C(c2nc(-c3ccccc3O)nc(C3CCC=CC3O)n2)CC1)C(C)CCCC(C)C. The lowest BCUT2D eigenvalue weighted by atomic mass is 9.83. The van der Waals surface area contributed by atoms with Crippen LogP contribution in [0.1, 0.15) is 136 Å². The normalized spacial score (nSPS) is 20.6. The van der Waals surface area contributed by atoms with E-state index in [0.29, 0.717) is 60.2 Å². The van der Waals surface area contributed by atoms with Gasteiger partial charge in [-0.25, -0.2) is 15.0 Å². The van der Waals surface area contributed by atoms with Gasteiger partial charge in [-0.05, 0) is 85.0 Å². The van der Waals surface area contributed by atoms with Gasteiger partial charge >= 0.3 is 0 Å². The first-order valence-corrected chi connectivity index (χ1v) is 19.1. The molecule has 6 atom stereocenters. The van der Waals surface area contributed by atoms with Crippen LogP contribution in [0.3, 0.4) is 0 Å². The highest BCUT2D eigenvalue weighted by molar-refractivity contribution is 5.68. The zero-order valence-corrected chi connectivity index (χ0v) is 31.0. The number of para-hydroxylation sites is 1. The van der Waals surface area contributed by atoms with E-state index in [2.05, 4.69) is 41.5 Å². The van der Waals surface area contributed by atoms with Gasteiger partial charge in [0.05, 0.1) is 18.3 Å². The van der Waals surface area contributed by atoms with E-state index >= 15 is 0 Å². The lowest BCUT2D eigenvalue weighted by Crippen LogP contribution is -2.25. The number of benzene rings is 1. The van der Waals surface area contributed by atoms with Crippen molar-refractivity contribution in [2.45, 2.75) is 137 Å². The van der Waals surface area contributed by atoms with Gasteiger partial charge in [-0.15, -0.1) is 0 Å². The Bertz CT molecular complexity index is 1400. The summed E-state index contributed by atoms with van der Waals surface area (Å²) in [7, 11) is 0. The average Bonchev–Trinajstić information content (AvgIpc) is 3.08. The van der Waals surface area contributed by atoms with Crippen LogP contribution in [-0.2, 0) is 4.74 Å². The van der Waals surface area contributed by atoms with E-state index in [0.717, 1.165) is 42.2 Å². The van der Waals surface area contributed by atoms with Crippen molar-refractivity contribution in [1.29, 1.82) is 0 Å². The lowest BCUT2D eigenvalue weighted by Gasteiger charge is -2.28. The van der Waals surface area contributed by atoms with Crippen LogP contribution in [0.2, 0.25) is 0 Å². The number of allylic oxidation sites excluding steroid dienone is 4. The largest absolute Gasteiger partial charge is 0.507 e. The zero-order valence-electron chi connectivity index (χ0n) is 31.0. The molecule has 0 radical (unpaired) electrons. The highest BCUT2D eigenvalue weighted by Crippen LogP contribution is 2.34. The van der Waals surface area contributed by atoms with Crippen LogP contribution in [-0.4, -0.2) is 49.3 Å². The topological polar surface area (TPSA) is 109 Å². The van der Waals surface area contributed by atoms with Crippen LogP contribution < -0.4 is 0 Å². The Hall–Kier alpha value is -2.87. The predicted octanol–water partition coefficient (Wildman–Crippen LogP) is 9.80. The van der Waals surface area contributed by atoms with Crippen molar-refractivity contribution < 1.29 is 20.1 Å². The molecule has 0 saturated carbocycles. The monoisotopic (exact) mass is 673 g/mol. The quantitative estimate of drug-likeness (QED) is 0.101. The molecule has 3 N–H and O–H groups in total. The number of hydrogen-bond donors (Lipinski definition) is 3. The van der Waals surface area contributed by atoms with Crippen molar-refractivity contribution in [2.24, 2.45) is 29.6 Å². The van der Waals surface area contributed by atoms with E-state index in [1.54, 1.807) is 24.3 Å². The van der Waals surface area contributed by atoms with E-state index in [9.17, 15) is 15.3 Å². The number of ether oxygens (including phenoxy) is 1. The van der Waals surface area contributed by atoms with Crippen molar-refractivity contribution in [1.82, 2.24) is 15.0 Å². The first kappa shape index (κ1) is 38.9. The number of aromatic hydroxyl groups is 1. The summed E-state index contributed by atoms with van der Waals surface area (Å²) in [6.45, 7) is 14.5. The molecular weight excluding hydrogens is 610 g/mol. The molecule has 7 heteroatoms. The molecule has 7 nitrogen and oxygen atoms in total. The average molecular weight is 674 g/mol. The molecule has 0 bridgehead atoms. The lowest BCUT2D eigenvalue weighted by molar-refractivity contribution is -0.0922. The Balaban J connectivity index is 1.46. The Morgan fingerprint density at radius 3 is 2.20 bits per heavy atom. The molecule has 49 heavy (non-hydrogen) atoms. The van der Waals surface area contributed by atoms with Gasteiger partial charge in [0, 0.05) is 5.92 Å². The van der Waals surface area contributed by atoms with Gasteiger partial charge in [-0.1, -0.05) is 123 Å². The Morgan fingerprint density at radius 1 is 0.816 bits per heavy atom. The molecule has 0 aliphatic heterocycles. The molecule has 6 unspecified atom stereocenters. The fourth-order valence-electron chi connectivity index (χ4n) is 7.08. The maximum absolute atomic E-state index is 11.2. The zero-order chi connectivity index (χ0) is 35.3. The molecule has 1 aromatic carbocycles. The van der Waals surface area contributed by atoms with Crippen LogP contribution in [0.25, 0.3) is 17.0 Å². The van der Waals surface area contributed by atoms with Crippen LogP contribution >= 0.6 is 0 Å². The summed E-state index contributed by atoms with van der Waals surface area (Å²) >= 11 is 0. The van der Waals surface area contributed by atoms with Crippen LogP contribution in [0.15, 0.2) is 54.1 Å². The number of phenolic OH excluding ortho intramolecular Hbond substituents is 1. The van der Waals surface area contributed by atoms with Crippen molar-refractivity contribution in [3.05, 3.63) is 65.8 Å². The van der Waals surface area contributed by atoms with Gasteiger partial charge in [0.1, 0.15) is 11.6 Å². The number of rotatable bonds is 19. The summed E-state index contributed by atoms with van der Waals surface area (Å²) in [4.78, 5) is 14.4. The summed E-state index contributed by atoms with van der Waals surface area (Å²) in [5.41, 5.74) is 2.32. The maximum Gasteiger partial charge on any atom is 0.177 e. The molecule has 270 valence electrons. The molecule has 2 aliphatic rings. The molecule has 1 aromatic heterocycles. The second-order valence-electron chi connectivity index (χ2n) is 15.6. The Kier molecular flexibility index (Phi) is 15.5. The van der Waals surface area contributed by atoms with Crippen molar-refractivity contribution in [2.75, 3.05) is 6.61 Å². The number of aliphatic hydroxyl groups is 2. The number of aromatic nitrogens is 3. The summed E-state index contributed by atoms with van der Waals surface area (Å²) in [6, 6.07) is 7.03. The van der Waals surface area contributed by atoms with Crippen LogP contribution in [0, 0.1) is 29.6 Å². The fraction of sp³-hybridized carbons (Fsp3) is 0.643. The van der Waals surface area contributed by atoms with Crippen molar-refractivity contribution in [3.8, 4) is 17.1 Å². The fourth-order valence-corrected chi connectivity index (χ4v) is 7.08. The van der Waals surface area contributed by atoms with E-state index in [1.165, 1.54) is 44.9 Å². The van der Waals surface area contributed by atoms with E-state index in [1.807, 2.05) is 24.3 Å². The number of hydrogen-bond acceptors (Lipinski definition) is 7. The van der Waals surface area contributed by atoms with E-state index in [-0.39, 0.29) is 11.7 Å². The minimum atomic E-state index is -0.943. The molecule has 4 rings (SSSR count). The third kappa shape index (κ3) is 12.1. The molecule has 0 saturated heterocycles. The van der Waals surface area contributed by atoms with Gasteiger partial charge < -0.3 is 20.1 Å². The summed E-state index contributed by atoms with van der Waals surface area (Å²) in [5.74, 6) is 4.48. The Morgan fingerprint density at radius 2 is 1.53 bits per heavy atom. The second-order valence-corrected chi connectivity index (χ2v) is 15.6. The number of aliphatic hydroxyl groups excluding tert-OH is 2. The molecule has 2 aliphatic carbocycles. The first-order chi connectivity index (χ1) is 23.5. The van der Waals surface area contributed by atoms with E-state index < -0.39 is 12.4 Å². The predicted molar refractivity (Wildman–Crippen MR) is 200 cm³/mol. The van der Waals surface area contributed by atoms with Crippen molar-refractivity contribution >= 4 is 5.57 Å². The van der Waals surface area contributed by atoms with E-state index in [4.69, 9.17) is 19.7 Å². The third-order valence-electron chi connectivity index (χ3n) is 10.5. The van der Waals surface area contributed by atoms with Gasteiger partial charge in [0.2, 0.25) is 0 Å². The number of phenols is 1. The summed E-state index contributed by atoms with van der Waals surface area (Å²) in [6.07, 6.45) is 18.9. The minimum Gasteiger partial charge on any atom is -0.507 e. The summed E-state index contributed by atoms with van der Waals surface area (Å²) < 4.78 is 6.23. The molecule has 0 amide bonds. The van der Waals surface area contributed by atoms with Gasteiger partial charge in [0.15, 0.2) is 17.9 Å². The standard InChI is InChI=1S/C42H63N3O4/c1-28(2)13-11-15-30(5)21-22-34(31(6)16-12-14-29(3)4)27-49-42(48)33-25-23-32(24-26-33)39-43-40(35-17-7-9-19-37(35)46)45-41(44-39)36-18-8-10-20-38(36)47/h7,9-10,17,19-20,23,25,28-31,34,36,38,42,46-48H,8,11-16,18,21-22,24,26-27H2,1-6H3. The van der Waals surface area contributed by atoms with Crippen LogP contribution in [0.4, 0.5) is 0 Å². The highest BCUT2D eigenvalue weighted by atomic mass is 16.6. The van der Waals surface area contributed by atoms with Gasteiger partial charge in [-0.3, -0.25) is 0 Å². The molecule has 0 fully saturated rings. The smallest absolute Gasteiger partial charge is 0.177 e. The van der Waals surface area contributed by atoms with Crippen LogP contribution in [0.5, 0.6) is 5.75 Å². The molecule has 0 spiro atoms. The Labute approximate surface area is 296 Å².